The van der Waals surface area contributed by atoms with E-state index in [1.54, 1.807) is 43.4 Å². The van der Waals surface area contributed by atoms with Crippen molar-refractivity contribution >= 4 is 11.8 Å². The van der Waals surface area contributed by atoms with Crippen molar-refractivity contribution in [3.05, 3.63) is 60.8 Å². The lowest BCUT2D eigenvalue weighted by Gasteiger charge is -2.06. The first-order chi connectivity index (χ1) is 14.3. The Morgan fingerprint density at radius 1 is 0.867 bits per heavy atom. The number of carbonyl (C=O) groups excluding carboxylic acids is 1. The third kappa shape index (κ3) is 20.5. The summed E-state index contributed by atoms with van der Waals surface area (Å²) in [5, 5.41) is 37.2. The number of carboxylic acid groups (broad SMARTS) is 1. The zero-order valence-electron chi connectivity index (χ0n) is 17.8. The maximum absolute atomic E-state index is 11.9. The number of carbonyl (C=O) groups is 2. The van der Waals surface area contributed by atoms with E-state index in [1.807, 2.05) is 12.2 Å². The Bertz CT molecular complexity index is 613. The van der Waals surface area contributed by atoms with E-state index in [-0.39, 0.29) is 18.3 Å². The number of Topliss-reactive ketones (excluding diaryl/α,β-unsaturated/α-hetero) is 1. The molecule has 3 atom stereocenters. The van der Waals surface area contributed by atoms with Gasteiger partial charge in [0.15, 0.2) is 0 Å². The van der Waals surface area contributed by atoms with Crippen LogP contribution in [-0.4, -0.2) is 50.5 Å². The van der Waals surface area contributed by atoms with E-state index in [4.69, 9.17) is 10.2 Å². The molecule has 168 valence electrons. The molecule has 6 heteroatoms. The van der Waals surface area contributed by atoms with Crippen LogP contribution in [0.4, 0.5) is 0 Å². The number of rotatable bonds is 17. The SMILES string of the molecule is CC(O)CCC/C=C/CCC(=O)CC(O)C/C=C\C=C\C(O)C/C=C/C=C\C(=O)O. The molecule has 0 aromatic rings. The minimum absolute atomic E-state index is 0.0271. The fraction of sp³-hybridized carbons (Fsp3) is 0.500. The molecule has 0 spiro atoms. The van der Waals surface area contributed by atoms with E-state index in [9.17, 15) is 19.8 Å². The van der Waals surface area contributed by atoms with E-state index in [1.165, 1.54) is 6.08 Å². The summed E-state index contributed by atoms with van der Waals surface area (Å²) >= 11 is 0. The van der Waals surface area contributed by atoms with Gasteiger partial charge in [-0.25, -0.2) is 4.79 Å². The molecule has 0 saturated carbocycles. The first-order valence-electron chi connectivity index (χ1n) is 10.4. The molecule has 0 bridgehead atoms. The number of aliphatic carboxylic acids is 1. The van der Waals surface area contributed by atoms with Crippen molar-refractivity contribution < 1.29 is 30.0 Å². The average Bonchev–Trinajstić information content (AvgIpc) is 2.66. The average molecular weight is 421 g/mol. The van der Waals surface area contributed by atoms with Gasteiger partial charge in [-0.3, -0.25) is 4.79 Å². The van der Waals surface area contributed by atoms with Crippen molar-refractivity contribution in [1.82, 2.24) is 0 Å². The minimum Gasteiger partial charge on any atom is -0.478 e. The molecule has 0 amide bonds. The van der Waals surface area contributed by atoms with Crippen molar-refractivity contribution in [1.29, 1.82) is 0 Å². The van der Waals surface area contributed by atoms with E-state index < -0.39 is 18.2 Å². The predicted octanol–water partition coefficient (Wildman–Crippen LogP) is 3.64. The van der Waals surface area contributed by atoms with Crippen LogP contribution in [0.5, 0.6) is 0 Å². The fourth-order valence-corrected chi connectivity index (χ4v) is 2.48. The highest BCUT2D eigenvalue weighted by atomic mass is 16.4. The molecule has 0 rings (SSSR count). The summed E-state index contributed by atoms with van der Waals surface area (Å²) in [5.74, 6) is -0.995. The van der Waals surface area contributed by atoms with Gasteiger partial charge < -0.3 is 20.4 Å². The summed E-state index contributed by atoms with van der Waals surface area (Å²) < 4.78 is 0. The molecule has 0 aromatic heterocycles. The third-order valence-electron chi connectivity index (χ3n) is 4.06. The Kier molecular flexibility index (Phi) is 17.3. The van der Waals surface area contributed by atoms with Crippen LogP contribution >= 0.6 is 0 Å². The Hall–Kier alpha value is -2.28. The van der Waals surface area contributed by atoms with Gasteiger partial charge in [0.25, 0.3) is 0 Å². The summed E-state index contributed by atoms with van der Waals surface area (Å²) in [5.41, 5.74) is 0. The number of unbranched alkanes of at least 4 members (excludes halogenated alkanes) is 1. The molecule has 0 aliphatic heterocycles. The zero-order chi connectivity index (χ0) is 22.6. The highest BCUT2D eigenvalue weighted by Crippen LogP contribution is 2.06. The number of allylic oxidation sites excluding steroid dienone is 6. The maximum atomic E-state index is 11.9. The molecule has 6 nitrogen and oxygen atoms in total. The van der Waals surface area contributed by atoms with Gasteiger partial charge in [-0.05, 0) is 45.4 Å². The molecule has 0 fully saturated rings. The second kappa shape index (κ2) is 18.7. The van der Waals surface area contributed by atoms with Crippen LogP contribution < -0.4 is 0 Å². The van der Waals surface area contributed by atoms with Crippen LogP contribution in [0.15, 0.2) is 60.8 Å². The molecule has 30 heavy (non-hydrogen) atoms. The van der Waals surface area contributed by atoms with Gasteiger partial charge in [0.05, 0.1) is 18.3 Å². The molecular weight excluding hydrogens is 384 g/mol. The number of carboxylic acids is 1. The van der Waals surface area contributed by atoms with Gasteiger partial charge in [0.2, 0.25) is 0 Å². The molecule has 0 aliphatic rings. The van der Waals surface area contributed by atoms with Gasteiger partial charge in [-0.2, -0.15) is 0 Å². The molecular formula is C24H36O6. The smallest absolute Gasteiger partial charge is 0.328 e. The van der Waals surface area contributed by atoms with Crippen molar-refractivity contribution in [2.75, 3.05) is 0 Å². The summed E-state index contributed by atoms with van der Waals surface area (Å²) in [6.07, 6.45) is 19.2. The van der Waals surface area contributed by atoms with Crippen LogP contribution in [0, 0.1) is 0 Å². The van der Waals surface area contributed by atoms with Crippen molar-refractivity contribution in [2.45, 2.75) is 76.6 Å². The summed E-state index contributed by atoms with van der Waals surface area (Å²) in [7, 11) is 0. The second-order valence-corrected chi connectivity index (χ2v) is 7.16. The van der Waals surface area contributed by atoms with Gasteiger partial charge in [-0.1, -0.05) is 54.7 Å². The van der Waals surface area contributed by atoms with Crippen molar-refractivity contribution in [3.63, 3.8) is 0 Å². The van der Waals surface area contributed by atoms with Crippen LogP contribution in [0.2, 0.25) is 0 Å². The van der Waals surface area contributed by atoms with E-state index in [0.717, 1.165) is 25.3 Å². The monoisotopic (exact) mass is 420 g/mol. The maximum Gasteiger partial charge on any atom is 0.328 e. The number of hydrogen-bond donors (Lipinski definition) is 4. The quantitative estimate of drug-likeness (QED) is 0.124. The van der Waals surface area contributed by atoms with Crippen molar-refractivity contribution in [3.8, 4) is 0 Å². The van der Waals surface area contributed by atoms with Gasteiger partial charge in [0.1, 0.15) is 5.78 Å². The number of ketones is 1. The van der Waals surface area contributed by atoms with E-state index >= 15 is 0 Å². The minimum atomic E-state index is -1.02. The Balaban J connectivity index is 3.90. The Morgan fingerprint density at radius 3 is 2.23 bits per heavy atom. The Morgan fingerprint density at radius 2 is 1.53 bits per heavy atom. The first kappa shape index (κ1) is 27.7. The molecule has 0 aliphatic carbocycles. The Labute approximate surface area is 179 Å². The number of aliphatic hydroxyl groups is 3. The zero-order valence-corrected chi connectivity index (χ0v) is 17.8. The molecule has 3 unspecified atom stereocenters. The lowest BCUT2D eigenvalue weighted by Crippen LogP contribution is -2.12. The molecule has 4 N–H and O–H groups in total. The lowest BCUT2D eigenvalue weighted by molar-refractivity contribution is -0.131. The van der Waals surface area contributed by atoms with Gasteiger partial charge >= 0.3 is 5.97 Å². The van der Waals surface area contributed by atoms with Gasteiger partial charge in [-0.15, -0.1) is 0 Å². The summed E-state index contributed by atoms with van der Waals surface area (Å²) in [6.45, 7) is 1.77. The fourth-order valence-electron chi connectivity index (χ4n) is 2.48. The van der Waals surface area contributed by atoms with Crippen molar-refractivity contribution in [2.24, 2.45) is 0 Å². The topological polar surface area (TPSA) is 115 Å². The highest BCUT2D eigenvalue weighted by Gasteiger charge is 2.08. The third-order valence-corrected chi connectivity index (χ3v) is 4.06. The molecule has 0 saturated heterocycles. The first-order valence-corrected chi connectivity index (χ1v) is 10.4. The number of aliphatic hydroxyl groups excluding tert-OH is 3. The standard InChI is InChI=1S/C24H36O6/c1-20(25)13-7-3-2-4-8-16-22(27)19-23(28)17-11-5-9-14-21(26)15-10-6-12-18-24(29)30/h2,4-6,9-12,14,18,20-21,23,25-26,28H,3,7-8,13,15-17,19H2,1H3,(H,29,30)/b4-2+,10-6+,11-5-,14-9+,18-12-. The second-order valence-electron chi connectivity index (χ2n) is 7.16. The highest BCUT2D eigenvalue weighted by molar-refractivity contribution is 5.80. The lowest BCUT2D eigenvalue weighted by atomic mass is 10.1. The largest absolute Gasteiger partial charge is 0.478 e. The molecule has 0 radical (unpaired) electrons. The van der Waals surface area contributed by atoms with Crippen LogP contribution in [0.25, 0.3) is 0 Å². The molecule has 0 aromatic carbocycles. The summed E-state index contributed by atoms with van der Waals surface area (Å²) in [4.78, 5) is 22.1. The van der Waals surface area contributed by atoms with Crippen LogP contribution in [-0.2, 0) is 9.59 Å². The van der Waals surface area contributed by atoms with Gasteiger partial charge in [0, 0.05) is 18.9 Å². The molecule has 0 heterocycles. The van der Waals surface area contributed by atoms with E-state index in [2.05, 4.69) is 0 Å². The normalized spacial score (nSPS) is 15.7. The van der Waals surface area contributed by atoms with Crippen LogP contribution in [0.1, 0.15) is 58.3 Å². The number of hydrogen-bond acceptors (Lipinski definition) is 5. The summed E-state index contributed by atoms with van der Waals surface area (Å²) in [6, 6.07) is 0. The van der Waals surface area contributed by atoms with Crippen LogP contribution in [0.3, 0.4) is 0 Å². The predicted molar refractivity (Wildman–Crippen MR) is 119 cm³/mol. The van der Waals surface area contributed by atoms with E-state index in [0.29, 0.717) is 25.7 Å².